The van der Waals surface area contributed by atoms with Crippen LogP contribution < -0.4 is 5.32 Å². The van der Waals surface area contributed by atoms with Gasteiger partial charge in [-0.15, -0.1) is 0 Å². The second-order valence-electron chi connectivity index (χ2n) is 7.02. The quantitative estimate of drug-likeness (QED) is 0.818. The summed E-state index contributed by atoms with van der Waals surface area (Å²) < 4.78 is 14.9. The summed E-state index contributed by atoms with van der Waals surface area (Å²) in [7, 11) is 0. The molecule has 0 aromatic heterocycles. The molecule has 0 saturated heterocycles. The first-order valence-corrected chi connectivity index (χ1v) is 8.33. The number of benzene rings is 1. The molecule has 2 atom stereocenters. The van der Waals surface area contributed by atoms with Crippen molar-refractivity contribution in [1.29, 1.82) is 0 Å². The third-order valence-electron chi connectivity index (χ3n) is 4.20. The molecule has 0 amide bonds. The molecular weight excluding hydrogens is 317 g/mol. The summed E-state index contributed by atoms with van der Waals surface area (Å²) in [6.07, 6.45) is 4.63. The summed E-state index contributed by atoms with van der Waals surface area (Å²) in [5, 5.41) is 3.60. The molecule has 0 aliphatic heterocycles. The van der Waals surface area contributed by atoms with E-state index < -0.39 is 0 Å². The normalized spacial score (nSPS) is 23.2. The summed E-state index contributed by atoms with van der Waals surface area (Å²) in [6.45, 7) is 7.64. The molecule has 1 aliphatic carbocycles. The highest BCUT2D eigenvalue weighted by atomic mass is 79.9. The molecule has 2 unspecified atom stereocenters. The SMILES string of the molecule is CC(C)(C)NCC1CCCC1Cc1cc(Br)ccc1F. The molecule has 0 bridgehead atoms. The zero-order chi connectivity index (χ0) is 14.8. The van der Waals surface area contributed by atoms with Crippen LogP contribution in [0.5, 0.6) is 0 Å². The third-order valence-corrected chi connectivity index (χ3v) is 4.69. The number of rotatable bonds is 4. The van der Waals surface area contributed by atoms with Crippen LogP contribution in [0.15, 0.2) is 22.7 Å². The summed E-state index contributed by atoms with van der Waals surface area (Å²) in [5.74, 6) is 1.21. The van der Waals surface area contributed by atoms with Crippen LogP contribution in [0, 0.1) is 17.7 Å². The van der Waals surface area contributed by atoms with Gasteiger partial charge in [-0.2, -0.15) is 0 Å². The Morgan fingerprint density at radius 1 is 1.25 bits per heavy atom. The number of hydrogen-bond acceptors (Lipinski definition) is 1. The molecule has 1 aromatic rings. The van der Waals surface area contributed by atoms with E-state index in [0.717, 1.165) is 23.0 Å². The lowest BCUT2D eigenvalue weighted by Crippen LogP contribution is -2.40. The van der Waals surface area contributed by atoms with Gasteiger partial charge in [0.2, 0.25) is 0 Å². The Morgan fingerprint density at radius 3 is 2.65 bits per heavy atom. The van der Waals surface area contributed by atoms with Gasteiger partial charge in [0.25, 0.3) is 0 Å². The highest BCUT2D eigenvalue weighted by Crippen LogP contribution is 2.35. The Morgan fingerprint density at radius 2 is 1.95 bits per heavy atom. The number of hydrogen-bond donors (Lipinski definition) is 1. The molecule has 2 rings (SSSR count). The van der Waals surface area contributed by atoms with Crippen molar-refractivity contribution in [2.75, 3.05) is 6.54 Å². The highest BCUT2D eigenvalue weighted by molar-refractivity contribution is 9.10. The predicted molar refractivity (Wildman–Crippen MR) is 86.4 cm³/mol. The molecule has 1 N–H and O–H groups in total. The van der Waals surface area contributed by atoms with Gasteiger partial charge in [0, 0.05) is 10.0 Å². The monoisotopic (exact) mass is 341 g/mol. The lowest BCUT2D eigenvalue weighted by Gasteiger charge is -2.26. The van der Waals surface area contributed by atoms with Crippen molar-refractivity contribution in [3.8, 4) is 0 Å². The van der Waals surface area contributed by atoms with Crippen LogP contribution in [0.3, 0.4) is 0 Å². The van der Waals surface area contributed by atoms with Crippen molar-refractivity contribution in [2.45, 2.75) is 52.0 Å². The fraction of sp³-hybridized carbons (Fsp3) is 0.647. The summed E-state index contributed by atoms with van der Waals surface area (Å²) in [4.78, 5) is 0. The molecular formula is C17H25BrFN. The molecule has 3 heteroatoms. The maximum absolute atomic E-state index is 13.9. The first-order valence-electron chi connectivity index (χ1n) is 7.54. The Labute approximate surface area is 130 Å². The minimum atomic E-state index is -0.0670. The third kappa shape index (κ3) is 4.56. The van der Waals surface area contributed by atoms with Gasteiger partial charge in [-0.3, -0.25) is 0 Å². The topological polar surface area (TPSA) is 12.0 Å². The maximum Gasteiger partial charge on any atom is 0.126 e. The van der Waals surface area contributed by atoms with Crippen LogP contribution in [-0.2, 0) is 6.42 Å². The Balaban J connectivity index is 1.99. The van der Waals surface area contributed by atoms with Crippen molar-refractivity contribution in [1.82, 2.24) is 5.32 Å². The van der Waals surface area contributed by atoms with Crippen LogP contribution in [-0.4, -0.2) is 12.1 Å². The molecule has 20 heavy (non-hydrogen) atoms. The van der Waals surface area contributed by atoms with E-state index in [1.54, 1.807) is 12.1 Å². The second kappa shape index (κ2) is 6.57. The van der Waals surface area contributed by atoms with Crippen LogP contribution in [0.1, 0.15) is 45.6 Å². The van der Waals surface area contributed by atoms with Crippen LogP contribution in [0.2, 0.25) is 0 Å². The van der Waals surface area contributed by atoms with E-state index >= 15 is 0 Å². The lowest BCUT2D eigenvalue weighted by atomic mass is 9.89. The van der Waals surface area contributed by atoms with Gasteiger partial charge in [0.15, 0.2) is 0 Å². The summed E-state index contributed by atoms with van der Waals surface area (Å²) in [6, 6.07) is 5.27. The van der Waals surface area contributed by atoms with E-state index in [1.807, 2.05) is 6.07 Å². The lowest BCUT2D eigenvalue weighted by molar-refractivity contribution is 0.315. The van der Waals surface area contributed by atoms with Gasteiger partial charge in [-0.25, -0.2) is 4.39 Å². The first-order chi connectivity index (χ1) is 9.35. The number of nitrogens with one attached hydrogen (secondary N) is 1. The average Bonchev–Trinajstić information content (AvgIpc) is 2.78. The van der Waals surface area contributed by atoms with Gasteiger partial charge in [0.1, 0.15) is 5.82 Å². The van der Waals surface area contributed by atoms with Gasteiger partial charge >= 0.3 is 0 Å². The van der Waals surface area contributed by atoms with E-state index in [0.29, 0.717) is 11.8 Å². The maximum atomic E-state index is 13.9. The molecule has 1 aromatic carbocycles. The zero-order valence-electron chi connectivity index (χ0n) is 12.7. The van der Waals surface area contributed by atoms with Crippen LogP contribution in [0.4, 0.5) is 4.39 Å². The minimum absolute atomic E-state index is 0.0670. The van der Waals surface area contributed by atoms with Crippen LogP contribution in [0.25, 0.3) is 0 Å². The largest absolute Gasteiger partial charge is 0.312 e. The predicted octanol–water partition coefficient (Wildman–Crippen LogP) is 4.94. The molecule has 1 fully saturated rings. The fourth-order valence-corrected chi connectivity index (χ4v) is 3.48. The van der Waals surface area contributed by atoms with Crippen molar-refractivity contribution < 1.29 is 4.39 Å². The smallest absolute Gasteiger partial charge is 0.126 e. The Bertz CT molecular complexity index is 453. The van der Waals surface area contributed by atoms with E-state index in [2.05, 4.69) is 42.0 Å². The summed E-state index contributed by atoms with van der Waals surface area (Å²) in [5.41, 5.74) is 1.01. The minimum Gasteiger partial charge on any atom is -0.312 e. The highest BCUT2D eigenvalue weighted by Gasteiger charge is 2.28. The molecule has 0 spiro atoms. The van der Waals surface area contributed by atoms with E-state index in [9.17, 15) is 4.39 Å². The second-order valence-corrected chi connectivity index (χ2v) is 7.94. The van der Waals surface area contributed by atoms with E-state index in [4.69, 9.17) is 0 Å². The summed E-state index contributed by atoms with van der Waals surface area (Å²) >= 11 is 3.44. The van der Waals surface area contributed by atoms with Crippen molar-refractivity contribution in [2.24, 2.45) is 11.8 Å². The Hall–Kier alpha value is -0.410. The molecule has 112 valence electrons. The van der Waals surface area contributed by atoms with Crippen LogP contribution >= 0.6 is 15.9 Å². The first kappa shape index (κ1) is 16.0. The number of halogens is 2. The average molecular weight is 342 g/mol. The van der Waals surface area contributed by atoms with Gasteiger partial charge in [0.05, 0.1) is 0 Å². The fourth-order valence-electron chi connectivity index (χ4n) is 3.07. The standard InChI is InChI=1S/C17H25BrFN/c1-17(2,3)20-11-13-6-4-5-12(13)9-14-10-15(18)7-8-16(14)19/h7-8,10,12-13,20H,4-6,9,11H2,1-3H3. The van der Waals surface area contributed by atoms with E-state index in [1.165, 1.54) is 19.3 Å². The van der Waals surface area contributed by atoms with Gasteiger partial charge < -0.3 is 5.32 Å². The van der Waals surface area contributed by atoms with Gasteiger partial charge in [-0.1, -0.05) is 22.4 Å². The van der Waals surface area contributed by atoms with Gasteiger partial charge in [-0.05, 0) is 82.2 Å². The van der Waals surface area contributed by atoms with E-state index in [-0.39, 0.29) is 11.4 Å². The zero-order valence-corrected chi connectivity index (χ0v) is 14.3. The van der Waals surface area contributed by atoms with Crippen molar-refractivity contribution in [3.05, 3.63) is 34.1 Å². The molecule has 1 nitrogen and oxygen atoms in total. The van der Waals surface area contributed by atoms with Crippen molar-refractivity contribution >= 4 is 15.9 Å². The molecule has 0 radical (unpaired) electrons. The Kier molecular flexibility index (Phi) is 5.25. The molecule has 1 saturated carbocycles. The van der Waals surface area contributed by atoms with Crippen molar-refractivity contribution in [3.63, 3.8) is 0 Å². The molecule has 0 heterocycles. The molecule has 1 aliphatic rings.